The van der Waals surface area contributed by atoms with E-state index in [0.717, 1.165) is 0 Å². The first-order chi connectivity index (χ1) is 6.04. The lowest BCUT2D eigenvalue weighted by Crippen LogP contribution is -2.43. The number of carbonyl (C=O) groups is 2. The Morgan fingerprint density at radius 1 is 1.62 bits per heavy atom. The zero-order valence-electron chi connectivity index (χ0n) is 7.99. The summed E-state index contributed by atoms with van der Waals surface area (Å²) in [5.41, 5.74) is 0. The normalized spacial score (nSPS) is 11.8. The first-order valence-electron chi connectivity index (χ1n) is 4.15. The predicted molar refractivity (Wildman–Crippen MR) is 49.3 cm³/mol. The molecule has 0 aromatic rings. The van der Waals surface area contributed by atoms with E-state index in [2.05, 4.69) is 6.58 Å². The minimum absolute atomic E-state index is 0.242. The van der Waals surface area contributed by atoms with Gasteiger partial charge in [-0.05, 0) is 6.42 Å². The van der Waals surface area contributed by atoms with Crippen molar-refractivity contribution in [2.45, 2.75) is 26.3 Å². The molecule has 0 aliphatic rings. The molecule has 1 N–H and O–H groups in total. The molecule has 0 aliphatic carbocycles. The van der Waals surface area contributed by atoms with Crippen LogP contribution >= 0.6 is 0 Å². The van der Waals surface area contributed by atoms with Gasteiger partial charge in [0.1, 0.15) is 6.04 Å². The van der Waals surface area contributed by atoms with Crippen LogP contribution in [0.1, 0.15) is 20.3 Å². The second kappa shape index (κ2) is 5.35. The van der Waals surface area contributed by atoms with Crippen LogP contribution in [0.2, 0.25) is 0 Å². The highest BCUT2D eigenvalue weighted by molar-refractivity contribution is 5.82. The van der Waals surface area contributed by atoms with Crippen molar-refractivity contribution in [3.8, 4) is 0 Å². The molecule has 74 valence electrons. The molecular formula is C9H15NO3. The van der Waals surface area contributed by atoms with Crippen molar-refractivity contribution >= 4 is 11.9 Å². The summed E-state index contributed by atoms with van der Waals surface area (Å²) in [7, 11) is 0. The number of rotatable bonds is 5. The average Bonchev–Trinajstić information content (AvgIpc) is 2.03. The van der Waals surface area contributed by atoms with E-state index < -0.39 is 12.0 Å². The van der Waals surface area contributed by atoms with Gasteiger partial charge in [0, 0.05) is 13.5 Å². The molecule has 0 bridgehead atoms. The number of carbonyl (C=O) groups excluding carboxylic acids is 1. The van der Waals surface area contributed by atoms with Crippen LogP contribution in [0.3, 0.4) is 0 Å². The minimum atomic E-state index is -0.973. The van der Waals surface area contributed by atoms with Gasteiger partial charge < -0.3 is 10.0 Å². The molecule has 0 aromatic heterocycles. The molecule has 0 saturated heterocycles. The number of carboxylic acid groups (broad SMARTS) is 1. The van der Waals surface area contributed by atoms with Crippen LogP contribution in [0.25, 0.3) is 0 Å². The molecule has 1 amide bonds. The third-order valence-electron chi connectivity index (χ3n) is 1.78. The van der Waals surface area contributed by atoms with Gasteiger partial charge in [0.15, 0.2) is 0 Å². The molecule has 0 aliphatic heterocycles. The van der Waals surface area contributed by atoms with Gasteiger partial charge in [0.25, 0.3) is 0 Å². The van der Waals surface area contributed by atoms with Gasteiger partial charge in [-0.3, -0.25) is 4.79 Å². The maximum absolute atomic E-state index is 11.1. The summed E-state index contributed by atoms with van der Waals surface area (Å²) in [6.07, 6.45) is 1.93. The van der Waals surface area contributed by atoms with E-state index in [-0.39, 0.29) is 12.5 Å². The molecule has 4 heteroatoms. The van der Waals surface area contributed by atoms with Crippen LogP contribution in [-0.4, -0.2) is 34.5 Å². The Balaban J connectivity index is 4.57. The summed E-state index contributed by atoms with van der Waals surface area (Å²) < 4.78 is 0. The Kier molecular flexibility index (Phi) is 4.80. The lowest BCUT2D eigenvalue weighted by molar-refractivity contribution is -0.149. The fraction of sp³-hybridized carbons (Fsp3) is 0.556. The van der Waals surface area contributed by atoms with E-state index in [4.69, 9.17) is 5.11 Å². The van der Waals surface area contributed by atoms with Crippen LogP contribution in [0.4, 0.5) is 0 Å². The highest BCUT2D eigenvalue weighted by atomic mass is 16.4. The van der Waals surface area contributed by atoms with Crippen LogP contribution in [0.15, 0.2) is 12.7 Å². The van der Waals surface area contributed by atoms with Crippen molar-refractivity contribution in [2.75, 3.05) is 6.54 Å². The van der Waals surface area contributed by atoms with Crippen LogP contribution in [-0.2, 0) is 9.59 Å². The fourth-order valence-corrected chi connectivity index (χ4v) is 1.14. The lowest BCUT2D eigenvalue weighted by Gasteiger charge is -2.25. The van der Waals surface area contributed by atoms with Crippen LogP contribution in [0, 0.1) is 0 Å². The summed E-state index contributed by atoms with van der Waals surface area (Å²) in [4.78, 5) is 23.1. The van der Waals surface area contributed by atoms with Crippen molar-refractivity contribution in [3.63, 3.8) is 0 Å². The van der Waals surface area contributed by atoms with Gasteiger partial charge in [0.05, 0.1) is 0 Å². The van der Waals surface area contributed by atoms with Gasteiger partial charge >= 0.3 is 5.97 Å². The van der Waals surface area contributed by atoms with Crippen LogP contribution in [0.5, 0.6) is 0 Å². The lowest BCUT2D eigenvalue weighted by atomic mass is 10.2. The van der Waals surface area contributed by atoms with Gasteiger partial charge in [-0.1, -0.05) is 13.0 Å². The number of amides is 1. The van der Waals surface area contributed by atoms with Crippen molar-refractivity contribution in [1.29, 1.82) is 0 Å². The Labute approximate surface area is 77.8 Å². The standard InChI is InChI=1S/C9H15NO3/c1-4-6-10(7(3)11)8(5-2)9(12)13/h4,8H,1,5-6H2,2-3H3,(H,12,13). The molecular weight excluding hydrogens is 170 g/mol. The Morgan fingerprint density at radius 3 is 2.38 bits per heavy atom. The largest absolute Gasteiger partial charge is 0.480 e. The predicted octanol–water partition coefficient (Wildman–Crippen LogP) is 0.884. The van der Waals surface area contributed by atoms with E-state index >= 15 is 0 Å². The topological polar surface area (TPSA) is 57.6 Å². The van der Waals surface area contributed by atoms with Crippen molar-refractivity contribution < 1.29 is 14.7 Å². The molecule has 0 radical (unpaired) electrons. The van der Waals surface area contributed by atoms with E-state index in [9.17, 15) is 9.59 Å². The number of hydrogen-bond donors (Lipinski definition) is 1. The second-order valence-electron chi connectivity index (χ2n) is 2.72. The summed E-state index contributed by atoms with van der Waals surface area (Å²) in [6, 6.07) is -0.740. The summed E-state index contributed by atoms with van der Waals surface area (Å²) in [5.74, 6) is -1.21. The molecule has 0 saturated carbocycles. The van der Waals surface area contributed by atoms with Crippen molar-refractivity contribution in [1.82, 2.24) is 4.90 Å². The number of carboxylic acids is 1. The number of nitrogens with zero attached hydrogens (tertiary/aromatic N) is 1. The maximum Gasteiger partial charge on any atom is 0.326 e. The molecule has 13 heavy (non-hydrogen) atoms. The molecule has 0 heterocycles. The Hall–Kier alpha value is -1.32. The van der Waals surface area contributed by atoms with E-state index in [0.29, 0.717) is 6.42 Å². The molecule has 4 nitrogen and oxygen atoms in total. The average molecular weight is 185 g/mol. The van der Waals surface area contributed by atoms with Crippen molar-refractivity contribution in [3.05, 3.63) is 12.7 Å². The monoisotopic (exact) mass is 185 g/mol. The molecule has 0 aromatic carbocycles. The SMILES string of the molecule is C=CCN(C(C)=O)C(CC)C(=O)O. The number of hydrogen-bond acceptors (Lipinski definition) is 2. The second-order valence-corrected chi connectivity index (χ2v) is 2.72. The first kappa shape index (κ1) is 11.7. The Bertz CT molecular complexity index is 213. The van der Waals surface area contributed by atoms with E-state index in [1.165, 1.54) is 17.9 Å². The van der Waals surface area contributed by atoms with Gasteiger partial charge in [0.2, 0.25) is 5.91 Å². The molecule has 1 unspecified atom stereocenters. The minimum Gasteiger partial charge on any atom is -0.480 e. The Morgan fingerprint density at radius 2 is 2.15 bits per heavy atom. The van der Waals surface area contributed by atoms with E-state index in [1.54, 1.807) is 6.92 Å². The maximum atomic E-state index is 11.1. The molecule has 0 fully saturated rings. The molecule has 1 atom stereocenters. The summed E-state index contributed by atoms with van der Waals surface area (Å²) in [6.45, 7) is 6.84. The quantitative estimate of drug-likeness (QED) is 0.647. The van der Waals surface area contributed by atoms with Gasteiger partial charge in [-0.2, -0.15) is 0 Å². The zero-order valence-corrected chi connectivity index (χ0v) is 7.99. The van der Waals surface area contributed by atoms with Crippen LogP contribution < -0.4 is 0 Å². The smallest absolute Gasteiger partial charge is 0.326 e. The zero-order chi connectivity index (χ0) is 10.4. The highest BCUT2D eigenvalue weighted by Crippen LogP contribution is 2.04. The van der Waals surface area contributed by atoms with E-state index in [1.807, 2.05) is 0 Å². The van der Waals surface area contributed by atoms with Crippen molar-refractivity contribution in [2.24, 2.45) is 0 Å². The molecule has 0 rings (SSSR count). The fourth-order valence-electron chi connectivity index (χ4n) is 1.14. The summed E-state index contributed by atoms with van der Waals surface area (Å²) in [5, 5.41) is 8.79. The molecule has 0 spiro atoms. The number of aliphatic carboxylic acids is 1. The first-order valence-corrected chi connectivity index (χ1v) is 4.15. The summed E-state index contributed by atoms with van der Waals surface area (Å²) >= 11 is 0. The van der Waals surface area contributed by atoms with Gasteiger partial charge in [-0.15, -0.1) is 6.58 Å². The third kappa shape index (κ3) is 3.27. The van der Waals surface area contributed by atoms with Gasteiger partial charge in [-0.25, -0.2) is 4.79 Å². The highest BCUT2D eigenvalue weighted by Gasteiger charge is 2.24. The third-order valence-corrected chi connectivity index (χ3v) is 1.78.